The Labute approximate surface area is 203 Å². The highest BCUT2D eigenvalue weighted by molar-refractivity contribution is 6.14. The molecule has 0 saturated carbocycles. The lowest BCUT2D eigenvalue weighted by molar-refractivity contribution is -0.660. The van der Waals surface area contributed by atoms with Crippen molar-refractivity contribution < 1.29 is 14.5 Å². The Bertz CT molecular complexity index is 1960. The van der Waals surface area contributed by atoms with Crippen molar-refractivity contribution in [3.8, 4) is 28.5 Å². The van der Waals surface area contributed by atoms with Crippen LogP contribution in [0.5, 0.6) is 0 Å². The van der Waals surface area contributed by atoms with Gasteiger partial charge in [0.25, 0.3) is 0 Å². The van der Waals surface area contributed by atoms with Crippen molar-refractivity contribution in [3.63, 3.8) is 0 Å². The molecule has 0 bridgehead atoms. The minimum atomic E-state index is -2.35. The van der Waals surface area contributed by atoms with Gasteiger partial charge < -0.3 is 4.42 Å². The number of rotatable bonds is 2. The van der Waals surface area contributed by atoms with E-state index in [1.165, 1.54) is 6.07 Å². The van der Waals surface area contributed by atoms with E-state index in [2.05, 4.69) is 18.2 Å². The van der Waals surface area contributed by atoms with Gasteiger partial charge in [0.1, 0.15) is 19.6 Å². The fraction of sp³-hybridized carbons (Fsp3) is 0.0968. The standard InChI is InChI=1S/C31H23N2O/c1-19-14-15-33(3)27(16-19)28-20(2)8-12-25-26-13-11-24(18-32)29(31(26)34-30(25)28)23-10-9-21-6-4-5-7-22(21)17-23/h4-17H,1-3H3/q+1/i1D3,15D. The number of aryl methyl sites for hydroxylation is 2. The summed E-state index contributed by atoms with van der Waals surface area (Å²) in [4.78, 5) is 0. The van der Waals surface area contributed by atoms with Crippen LogP contribution >= 0.6 is 0 Å². The molecule has 0 unspecified atom stereocenters. The maximum Gasteiger partial charge on any atom is 0.216 e. The zero-order valence-corrected chi connectivity index (χ0v) is 18.8. The summed E-state index contributed by atoms with van der Waals surface area (Å²) in [5, 5.41) is 13.9. The fourth-order valence-electron chi connectivity index (χ4n) is 4.81. The summed E-state index contributed by atoms with van der Waals surface area (Å²) < 4.78 is 40.5. The quantitative estimate of drug-likeness (QED) is 0.262. The first-order valence-corrected chi connectivity index (χ1v) is 11.1. The molecule has 0 fully saturated rings. The molecule has 0 atom stereocenters. The highest BCUT2D eigenvalue weighted by atomic mass is 16.3. The molecule has 0 aliphatic rings. The molecule has 2 aromatic heterocycles. The first-order valence-electron chi connectivity index (χ1n) is 13.1. The van der Waals surface area contributed by atoms with Gasteiger partial charge >= 0.3 is 0 Å². The van der Waals surface area contributed by atoms with Crippen LogP contribution < -0.4 is 4.57 Å². The maximum atomic E-state index is 10.0. The van der Waals surface area contributed by atoms with Gasteiger partial charge in [0.2, 0.25) is 5.69 Å². The summed E-state index contributed by atoms with van der Waals surface area (Å²) in [6, 6.07) is 27.2. The summed E-state index contributed by atoms with van der Waals surface area (Å²) in [5.74, 6) is 0. The molecule has 0 radical (unpaired) electrons. The first-order chi connectivity index (χ1) is 18.2. The van der Waals surface area contributed by atoms with E-state index in [9.17, 15) is 5.26 Å². The van der Waals surface area contributed by atoms with Crippen LogP contribution in [0.1, 0.15) is 22.2 Å². The molecule has 0 aliphatic carbocycles. The average Bonchev–Trinajstić information content (AvgIpc) is 3.27. The zero-order valence-electron chi connectivity index (χ0n) is 22.8. The third kappa shape index (κ3) is 3.00. The fourth-order valence-corrected chi connectivity index (χ4v) is 4.81. The Balaban J connectivity index is 1.70. The lowest BCUT2D eigenvalue weighted by Gasteiger charge is -2.07. The molecule has 6 rings (SSSR count). The number of furan rings is 1. The first kappa shape index (κ1) is 16.2. The smallest absolute Gasteiger partial charge is 0.216 e. The molecule has 0 spiro atoms. The molecule has 0 saturated heterocycles. The predicted octanol–water partition coefficient (Wildman–Crippen LogP) is 7.39. The highest BCUT2D eigenvalue weighted by Gasteiger charge is 2.23. The van der Waals surface area contributed by atoms with Crippen LogP contribution in [-0.4, -0.2) is 0 Å². The van der Waals surface area contributed by atoms with Crippen LogP contribution in [0.3, 0.4) is 0 Å². The molecule has 0 aliphatic heterocycles. The minimum Gasteiger partial charge on any atom is -0.454 e. The number of fused-ring (bicyclic) bond motifs is 4. The Hall–Kier alpha value is -4.42. The second-order valence-electron chi connectivity index (χ2n) is 8.59. The number of pyridine rings is 1. The Morgan fingerprint density at radius 3 is 2.44 bits per heavy atom. The van der Waals surface area contributed by atoms with Gasteiger partial charge in [0.15, 0.2) is 6.17 Å². The van der Waals surface area contributed by atoms with Crippen LogP contribution in [0.25, 0.3) is 55.1 Å². The summed E-state index contributed by atoms with van der Waals surface area (Å²) in [6.45, 7) is -0.405. The SMILES string of the molecule is [2H]c1cc(C([2H])([2H])[2H])cc(-c2c(C)ccc3c2oc2c(-c4ccc5ccccc5c4)c(C#N)ccc23)[n+]1C. The third-order valence-corrected chi connectivity index (χ3v) is 6.50. The Morgan fingerprint density at radius 2 is 1.65 bits per heavy atom. The molecule has 6 aromatic rings. The Kier molecular flexibility index (Phi) is 3.62. The van der Waals surface area contributed by atoms with E-state index in [-0.39, 0.29) is 11.7 Å². The molecular weight excluding hydrogens is 416 g/mol. The molecule has 2 heterocycles. The van der Waals surface area contributed by atoms with Crippen molar-refractivity contribution in [2.45, 2.75) is 13.8 Å². The summed E-state index contributed by atoms with van der Waals surface area (Å²) >= 11 is 0. The van der Waals surface area contributed by atoms with Crippen LogP contribution in [0.15, 0.2) is 89.5 Å². The topological polar surface area (TPSA) is 40.8 Å². The predicted molar refractivity (Wildman–Crippen MR) is 137 cm³/mol. The lowest BCUT2D eigenvalue weighted by atomic mass is 9.94. The number of hydrogen-bond donors (Lipinski definition) is 0. The molecular formula is C31H23N2O+. The highest BCUT2D eigenvalue weighted by Crippen LogP contribution is 2.42. The van der Waals surface area contributed by atoms with E-state index in [0.29, 0.717) is 22.4 Å². The second kappa shape index (κ2) is 7.57. The molecule has 3 heteroatoms. The molecule has 34 heavy (non-hydrogen) atoms. The minimum absolute atomic E-state index is 0.0877. The summed E-state index contributed by atoms with van der Waals surface area (Å²) in [6.07, 6.45) is 0.0877. The van der Waals surface area contributed by atoms with Gasteiger partial charge in [0.05, 0.1) is 17.2 Å². The maximum absolute atomic E-state index is 10.0. The van der Waals surface area contributed by atoms with Crippen LogP contribution in [-0.2, 0) is 7.05 Å². The molecule has 0 amide bonds. The molecule has 3 nitrogen and oxygen atoms in total. The summed E-state index contributed by atoms with van der Waals surface area (Å²) in [7, 11) is 1.75. The number of aromatic nitrogens is 1. The number of nitrogens with zero attached hydrogens (tertiary/aromatic N) is 2. The van der Waals surface area contributed by atoms with Gasteiger partial charge in [-0.3, -0.25) is 0 Å². The van der Waals surface area contributed by atoms with Crippen molar-refractivity contribution in [2.75, 3.05) is 0 Å². The lowest BCUT2D eigenvalue weighted by Crippen LogP contribution is -2.30. The van der Waals surface area contributed by atoms with Crippen LogP contribution in [0.4, 0.5) is 0 Å². The van der Waals surface area contributed by atoms with E-state index in [1.54, 1.807) is 17.7 Å². The second-order valence-corrected chi connectivity index (χ2v) is 8.59. The van der Waals surface area contributed by atoms with Crippen molar-refractivity contribution >= 4 is 32.7 Å². The van der Waals surface area contributed by atoms with Crippen molar-refractivity contribution in [1.29, 1.82) is 5.26 Å². The molecule has 4 aromatic carbocycles. The third-order valence-electron chi connectivity index (χ3n) is 6.50. The van der Waals surface area contributed by atoms with Crippen LogP contribution in [0.2, 0.25) is 0 Å². The molecule has 0 N–H and O–H groups in total. The van der Waals surface area contributed by atoms with Gasteiger partial charge in [0, 0.05) is 32.6 Å². The largest absolute Gasteiger partial charge is 0.454 e. The number of benzene rings is 4. The Morgan fingerprint density at radius 1 is 0.882 bits per heavy atom. The normalized spacial score (nSPS) is 13.4. The van der Waals surface area contributed by atoms with Crippen LogP contribution in [0, 0.1) is 25.1 Å². The van der Waals surface area contributed by atoms with E-state index >= 15 is 0 Å². The van der Waals surface area contributed by atoms with Gasteiger partial charge in [-0.25, -0.2) is 4.57 Å². The van der Waals surface area contributed by atoms with Crippen molar-refractivity contribution in [1.82, 2.24) is 0 Å². The van der Waals surface area contributed by atoms with Crippen molar-refractivity contribution in [2.24, 2.45) is 7.05 Å². The van der Waals surface area contributed by atoms with Gasteiger partial charge in [-0.1, -0.05) is 48.5 Å². The van der Waals surface area contributed by atoms with E-state index < -0.39 is 6.85 Å². The number of hydrogen-bond acceptors (Lipinski definition) is 2. The van der Waals surface area contributed by atoms with Gasteiger partial charge in [-0.05, 0) is 59.4 Å². The van der Waals surface area contributed by atoms with Gasteiger partial charge in [-0.2, -0.15) is 5.26 Å². The summed E-state index contributed by atoms with van der Waals surface area (Å²) in [5.41, 5.74) is 5.60. The van der Waals surface area contributed by atoms with Gasteiger partial charge in [-0.15, -0.1) is 0 Å². The monoisotopic (exact) mass is 443 g/mol. The zero-order chi connectivity index (χ0) is 26.8. The van der Waals surface area contributed by atoms with Crippen molar-refractivity contribution in [3.05, 3.63) is 102 Å². The molecule has 162 valence electrons. The van der Waals surface area contributed by atoms with E-state index in [1.807, 2.05) is 61.5 Å². The van der Waals surface area contributed by atoms with E-state index in [0.717, 1.165) is 43.8 Å². The number of nitriles is 1. The van der Waals surface area contributed by atoms with E-state index in [4.69, 9.17) is 9.90 Å². The average molecular weight is 444 g/mol.